The predicted octanol–water partition coefficient (Wildman–Crippen LogP) is 2.00. The largest absolute Gasteiger partial charge is 0.298 e. The van der Waals surface area contributed by atoms with Crippen LogP contribution in [0.3, 0.4) is 0 Å². The molecule has 0 bridgehead atoms. The summed E-state index contributed by atoms with van der Waals surface area (Å²) in [5.74, 6) is -0.776. The third-order valence-corrected chi connectivity index (χ3v) is 1.77. The van der Waals surface area contributed by atoms with E-state index >= 15 is 0 Å². The number of carbonyl (C=O) groups excluding carboxylic acids is 1. The standard InChI is InChI=1S/C7H5ClFNO/c1-4-5(3-11)7(9)10-2-6(4)8/h2-3H,1H3. The van der Waals surface area contributed by atoms with Crippen molar-refractivity contribution in [3.05, 3.63) is 28.3 Å². The van der Waals surface area contributed by atoms with Crippen molar-refractivity contribution in [1.82, 2.24) is 4.98 Å². The van der Waals surface area contributed by atoms with Crippen LogP contribution in [0.4, 0.5) is 4.39 Å². The summed E-state index contributed by atoms with van der Waals surface area (Å²) in [7, 11) is 0. The van der Waals surface area contributed by atoms with Crippen molar-refractivity contribution < 1.29 is 9.18 Å². The van der Waals surface area contributed by atoms with E-state index in [1.54, 1.807) is 6.92 Å². The number of aldehydes is 1. The maximum Gasteiger partial charge on any atom is 0.223 e. The number of pyridine rings is 1. The Labute approximate surface area is 68.0 Å². The van der Waals surface area contributed by atoms with Gasteiger partial charge in [0.25, 0.3) is 0 Å². The highest BCUT2D eigenvalue weighted by atomic mass is 35.5. The molecule has 0 N–H and O–H groups in total. The molecule has 1 rings (SSSR count). The van der Waals surface area contributed by atoms with Gasteiger partial charge >= 0.3 is 0 Å². The number of hydrogen-bond donors (Lipinski definition) is 0. The van der Waals surface area contributed by atoms with Crippen LogP contribution in [0.2, 0.25) is 5.02 Å². The minimum atomic E-state index is -0.776. The highest BCUT2D eigenvalue weighted by Gasteiger charge is 2.08. The van der Waals surface area contributed by atoms with Crippen molar-refractivity contribution >= 4 is 17.9 Å². The van der Waals surface area contributed by atoms with Crippen molar-refractivity contribution in [2.45, 2.75) is 6.92 Å². The van der Waals surface area contributed by atoms with Gasteiger partial charge in [-0.05, 0) is 12.5 Å². The van der Waals surface area contributed by atoms with Gasteiger partial charge in [-0.25, -0.2) is 4.98 Å². The van der Waals surface area contributed by atoms with E-state index in [-0.39, 0.29) is 5.56 Å². The van der Waals surface area contributed by atoms with Crippen molar-refractivity contribution in [2.75, 3.05) is 0 Å². The molecule has 4 heteroatoms. The van der Waals surface area contributed by atoms with Crippen LogP contribution in [-0.2, 0) is 0 Å². The zero-order valence-corrected chi connectivity index (χ0v) is 6.52. The van der Waals surface area contributed by atoms with E-state index in [0.29, 0.717) is 16.9 Å². The van der Waals surface area contributed by atoms with Crippen molar-refractivity contribution in [3.8, 4) is 0 Å². The molecule has 11 heavy (non-hydrogen) atoms. The molecule has 58 valence electrons. The zero-order valence-electron chi connectivity index (χ0n) is 5.77. The summed E-state index contributed by atoms with van der Waals surface area (Å²) in [6, 6.07) is 0. The van der Waals surface area contributed by atoms with Crippen LogP contribution in [0.25, 0.3) is 0 Å². The lowest BCUT2D eigenvalue weighted by Crippen LogP contribution is -1.96. The molecule has 0 radical (unpaired) electrons. The van der Waals surface area contributed by atoms with E-state index < -0.39 is 5.95 Å². The lowest BCUT2D eigenvalue weighted by Gasteiger charge is -1.99. The SMILES string of the molecule is Cc1c(Cl)cnc(F)c1C=O. The summed E-state index contributed by atoms with van der Waals surface area (Å²) >= 11 is 5.58. The number of halogens is 2. The summed E-state index contributed by atoms with van der Waals surface area (Å²) in [6.45, 7) is 1.57. The Hall–Kier alpha value is -0.960. The molecule has 0 atom stereocenters. The molecule has 1 heterocycles. The molecule has 0 aromatic carbocycles. The topological polar surface area (TPSA) is 30.0 Å². The molecule has 0 fully saturated rings. The summed E-state index contributed by atoms with van der Waals surface area (Å²) in [6.07, 6.45) is 1.59. The van der Waals surface area contributed by atoms with Gasteiger partial charge in [0.05, 0.1) is 10.6 Å². The molecule has 1 aromatic rings. The zero-order chi connectivity index (χ0) is 8.43. The molecule has 1 aromatic heterocycles. The molecular formula is C7H5ClFNO. The van der Waals surface area contributed by atoms with Gasteiger partial charge in [-0.1, -0.05) is 11.6 Å². The van der Waals surface area contributed by atoms with E-state index in [1.165, 1.54) is 6.20 Å². The van der Waals surface area contributed by atoms with Crippen LogP contribution < -0.4 is 0 Å². The van der Waals surface area contributed by atoms with Crippen LogP contribution in [0.15, 0.2) is 6.20 Å². The van der Waals surface area contributed by atoms with E-state index in [4.69, 9.17) is 11.6 Å². The van der Waals surface area contributed by atoms with Gasteiger partial charge in [-0.3, -0.25) is 4.79 Å². The average Bonchev–Trinajstić information content (AvgIpc) is 1.99. The quantitative estimate of drug-likeness (QED) is 0.480. The Morgan fingerprint density at radius 2 is 2.36 bits per heavy atom. The minimum absolute atomic E-state index is 0.0718. The molecule has 0 saturated carbocycles. The molecule has 0 aliphatic carbocycles. The monoisotopic (exact) mass is 173 g/mol. The molecule has 0 spiro atoms. The molecule has 0 saturated heterocycles. The van der Waals surface area contributed by atoms with Gasteiger partial charge < -0.3 is 0 Å². The third kappa shape index (κ3) is 1.38. The number of nitrogens with zero attached hydrogens (tertiary/aromatic N) is 1. The fourth-order valence-electron chi connectivity index (χ4n) is 0.700. The van der Waals surface area contributed by atoms with Crippen molar-refractivity contribution in [2.24, 2.45) is 0 Å². The summed E-state index contributed by atoms with van der Waals surface area (Å²) in [5, 5.41) is 0.300. The molecule has 2 nitrogen and oxygen atoms in total. The molecular weight excluding hydrogens is 169 g/mol. The second kappa shape index (κ2) is 2.96. The Morgan fingerprint density at radius 3 is 2.82 bits per heavy atom. The van der Waals surface area contributed by atoms with Crippen molar-refractivity contribution in [3.63, 3.8) is 0 Å². The summed E-state index contributed by atoms with van der Waals surface area (Å²) < 4.78 is 12.6. The Balaban J connectivity index is 3.40. The molecule has 0 aliphatic rings. The average molecular weight is 174 g/mol. The van der Waals surface area contributed by atoms with E-state index in [2.05, 4.69) is 4.98 Å². The first kappa shape index (κ1) is 8.14. The van der Waals surface area contributed by atoms with E-state index in [9.17, 15) is 9.18 Å². The summed E-state index contributed by atoms with van der Waals surface area (Å²) in [5.41, 5.74) is 0.353. The number of carbonyl (C=O) groups is 1. The fourth-order valence-corrected chi connectivity index (χ4v) is 0.851. The van der Waals surface area contributed by atoms with Gasteiger partial charge in [0.15, 0.2) is 6.29 Å². The summed E-state index contributed by atoms with van der Waals surface area (Å²) in [4.78, 5) is 13.5. The number of hydrogen-bond acceptors (Lipinski definition) is 2. The van der Waals surface area contributed by atoms with Crippen LogP contribution in [0, 0.1) is 12.9 Å². The lowest BCUT2D eigenvalue weighted by molar-refractivity contribution is 0.111. The molecule has 0 aliphatic heterocycles. The maximum atomic E-state index is 12.6. The Bertz CT molecular complexity index is 301. The predicted molar refractivity (Wildman–Crippen MR) is 39.3 cm³/mol. The van der Waals surface area contributed by atoms with Gasteiger partial charge in [-0.2, -0.15) is 4.39 Å². The lowest BCUT2D eigenvalue weighted by atomic mass is 10.2. The van der Waals surface area contributed by atoms with Crippen LogP contribution in [0.5, 0.6) is 0 Å². The Kier molecular flexibility index (Phi) is 2.19. The second-order valence-electron chi connectivity index (χ2n) is 2.05. The van der Waals surface area contributed by atoms with Crippen molar-refractivity contribution in [1.29, 1.82) is 0 Å². The first-order valence-corrected chi connectivity index (χ1v) is 3.30. The van der Waals surface area contributed by atoms with Gasteiger partial charge in [0, 0.05) is 6.20 Å². The van der Waals surface area contributed by atoms with Crippen LogP contribution in [0.1, 0.15) is 15.9 Å². The smallest absolute Gasteiger partial charge is 0.223 e. The van der Waals surface area contributed by atoms with Gasteiger partial charge in [0.1, 0.15) is 0 Å². The number of aromatic nitrogens is 1. The highest BCUT2D eigenvalue weighted by molar-refractivity contribution is 6.31. The van der Waals surface area contributed by atoms with Crippen LogP contribution >= 0.6 is 11.6 Å². The first-order valence-electron chi connectivity index (χ1n) is 2.92. The fraction of sp³-hybridized carbons (Fsp3) is 0.143. The first-order chi connectivity index (χ1) is 5.16. The maximum absolute atomic E-state index is 12.6. The van der Waals surface area contributed by atoms with Gasteiger partial charge in [0.2, 0.25) is 5.95 Å². The van der Waals surface area contributed by atoms with E-state index in [1.807, 2.05) is 0 Å². The normalized spacial score (nSPS) is 9.73. The minimum Gasteiger partial charge on any atom is -0.298 e. The van der Waals surface area contributed by atoms with E-state index in [0.717, 1.165) is 0 Å². The highest BCUT2D eigenvalue weighted by Crippen LogP contribution is 2.17. The Morgan fingerprint density at radius 1 is 1.73 bits per heavy atom. The van der Waals surface area contributed by atoms with Gasteiger partial charge in [-0.15, -0.1) is 0 Å². The molecule has 0 unspecified atom stereocenters. The third-order valence-electron chi connectivity index (χ3n) is 1.39. The van der Waals surface area contributed by atoms with Crippen LogP contribution in [-0.4, -0.2) is 11.3 Å². The number of rotatable bonds is 1. The second-order valence-corrected chi connectivity index (χ2v) is 2.46. The molecule has 0 amide bonds.